The first-order chi connectivity index (χ1) is 12.6. The maximum atomic E-state index is 12.6. The fraction of sp³-hybridized carbons (Fsp3) is 0.350. The molecule has 1 unspecified atom stereocenters. The third-order valence-corrected chi connectivity index (χ3v) is 4.64. The number of nitro groups is 1. The zero-order valence-electron chi connectivity index (χ0n) is 14.8. The van der Waals surface area contributed by atoms with E-state index in [9.17, 15) is 14.9 Å². The molecule has 6 nitrogen and oxygen atoms in total. The second-order valence-electron chi connectivity index (χ2n) is 6.33. The number of hydrogen-bond donors (Lipinski definition) is 0. The molecular weight excluding hydrogens is 332 g/mol. The minimum absolute atomic E-state index is 0.0494. The number of ketones is 1. The summed E-state index contributed by atoms with van der Waals surface area (Å²) in [5, 5.41) is 11.6. The number of hydrogen-bond acceptors (Lipinski definition) is 5. The molecule has 6 heteroatoms. The Morgan fingerprint density at radius 1 is 1.23 bits per heavy atom. The SMILES string of the molecule is CCN(CC1CCCO1)c1ccc(C(=O)c2ccccc2)cc1[N+](=O)[O-]. The lowest BCUT2D eigenvalue weighted by Crippen LogP contribution is -2.32. The normalized spacial score (nSPS) is 16.4. The molecule has 0 N–H and O–H groups in total. The third kappa shape index (κ3) is 3.91. The van der Waals surface area contributed by atoms with Crippen LogP contribution in [0.3, 0.4) is 0 Å². The van der Waals surface area contributed by atoms with Gasteiger partial charge in [0.05, 0.1) is 11.0 Å². The van der Waals surface area contributed by atoms with Gasteiger partial charge in [0.2, 0.25) is 0 Å². The van der Waals surface area contributed by atoms with Crippen molar-refractivity contribution in [2.24, 2.45) is 0 Å². The summed E-state index contributed by atoms with van der Waals surface area (Å²) in [6.45, 7) is 3.95. The van der Waals surface area contributed by atoms with Gasteiger partial charge in [-0.1, -0.05) is 30.3 Å². The fourth-order valence-electron chi connectivity index (χ4n) is 3.27. The average Bonchev–Trinajstić information content (AvgIpc) is 3.19. The minimum Gasteiger partial charge on any atom is -0.376 e. The van der Waals surface area contributed by atoms with Crippen molar-refractivity contribution in [3.05, 3.63) is 69.8 Å². The van der Waals surface area contributed by atoms with Gasteiger partial charge in [0.25, 0.3) is 5.69 Å². The summed E-state index contributed by atoms with van der Waals surface area (Å²) < 4.78 is 5.66. The Bertz CT molecular complexity index is 786. The highest BCUT2D eigenvalue weighted by atomic mass is 16.6. The second kappa shape index (κ2) is 8.10. The number of anilines is 1. The molecule has 26 heavy (non-hydrogen) atoms. The van der Waals surface area contributed by atoms with Crippen LogP contribution < -0.4 is 4.90 Å². The summed E-state index contributed by atoms with van der Waals surface area (Å²) in [5.41, 5.74) is 1.31. The number of likely N-dealkylation sites (N-methyl/N-ethyl adjacent to an activating group) is 1. The van der Waals surface area contributed by atoms with Crippen LogP contribution in [0.25, 0.3) is 0 Å². The van der Waals surface area contributed by atoms with Crippen molar-refractivity contribution in [1.29, 1.82) is 0 Å². The summed E-state index contributed by atoms with van der Waals surface area (Å²) in [7, 11) is 0. The first-order valence-electron chi connectivity index (χ1n) is 8.85. The van der Waals surface area contributed by atoms with E-state index in [1.807, 2.05) is 17.9 Å². The molecule has 0 bridgehead atoms. The summed E-state index contributed by atoms with van der Waals surface area (Å²) in [6.07, 6.45) is 2.09. The first-order valence-corrected chi connectivity index (χ1v) is 8.85. The van der Waals surface area contributed by atoms with Crippen LogP contribution in [-0.2, 0) is 4.74 Å². The molecule has 1 aliphatic heterocycles. The highest BCUT2D eigenvalue weighted by Crippen LogP contribution is 2.31. The van der Waals surface area contributed by atoms with Gasteiger partial charge in [0.1, 0.15) is 5.69 Å². The van der Waals surface area contributed by atoms with Gasteiger partial charge >= 0.3 is 0 Å². The molecule has 0 aliphatic carbocycles. The smallest absolute Gasteiger partial charge is 0.293 e. The van der Waals surface area contributed by atoms with Gasteiger partial charge in [-0.3, -0.25) is 14.9 Å². The summed E-state index contributed by atoms with van der Waals surface area (Å²) >= 11 is 0. The standard InChI is InChI=1S/C20H22N2O4/c1-2-21(14-17-9-6-12-26-17)18-11-10-16(13-19(18)22(24)25)20(23)15-7-4-3-5-8-15/h3-5,7-8,10-11,13,17H,2,6,9,12,14H2,1H3. The molecule has 0 aromatic heterocycles. The Balaban J connectivity index is 1.91. The van der Waals surface area contributed by atoms with Crippen molar-refractivity contribution in [2.45, 2.75) is 25.9 Å². The van der Waals surface area contributed by atoms with Gasteiger partial charge in [-0.25, -0.2) is 0 Å². The van der Waals surface area contributed by atoms with Crippen LogP contribution in [0.15, 0.2) is 48.5 Å². The van der Waals surface area contributed by atoms with E-state index < -0.39 is 4.92 Å². The van der Waals surface area contributed by atoms with Crippen LogP contribution >= 0.6 is 0 Å². The van der Waals surface area contributed by atoms with Gasteiger partial charge in [-0.05, 0) is 31.9 Å². The van der Waals surface area contributed by atoms with Gasteiger partial charge in [0.15, 0.2) is 5.78 Å². The molecule has 0 radical (unpaired) electrons. The summed E-state index contributed by atoms with van der Waals surface area (Å²) in [6, 6.07) is 13.5. The van der Waals surface area contributed by atoms with Gasteiger partial charge in [-0.15, -0.1) is 0 Å². The molecule has 3 rings (SSSR count). The van der Waals surface area contributed by atoms with Crippen LogP contribution in [0.5, 0.6) is 0 Å². The highest BCUT2D eigenvalue weighted by Gasteiger charge is 2.25. The van der Waals surface area contributed by atoms with Crippen molar-refractivity contribution >= 4 is 17.2 Å². The zero-order chi connectivity index (χ0) is 18.5. The van der Waals surface area contributed by atoms with E-state index in [0.717, 1.165) is 19.4 Å². The van der Waals surface area contributed by atoms with Crippen molar-refractivity contribution in [3.63, 3.8) is 0 Å². The molecule has 2 aromatic rings. The van der Waals surface area contributed by atoms with E-state index in [4.69, 9.17) is 4.74 Å². The van der Waals surface area contributed by atoms with Crippen LogP contribution in [0, 0.1) is 10.1 Å². The number of ether oxygens (including phenoxy) is 1. The molecule has 1 saturated heterocycles. The molecule has 0 saturated carbocycles. The predicted molar refractivity (Wildman–Crippen MR) is 99.8 cm³/mol. The van der Waals surface area contributed by atoms with E-state index >= 15 is 0 Å². The minimum atomic E-state index is -0.421. The molecule has 1 aliphatic rings. The Kier molecular flexibility index (Phi) is 5.63. The maximum Gasteiger partial charge on any atom is 0.293 e. The van der Waals surface area contributed by atoms with Gasteiger partial charge in [-0.2, -0.15) is 0 Å². The second-order valence-corrected chi connectivity index (χ2v) is 6.33. The molecule has 1 atom stereocenters. The maximum absolute atomic E-state index is 12.6. The van der Waals surface area contributed by atoms with Crippen molar-refractivity contribution in [1.82, 2.24) is 0 Å². The number of nitrogens with zero attached hydrogens (tertiary/aromatic N) is 2. The zero-order valence-corrected chi connectivity index (χ0v) is 14.8. The average molecular weight is 354 g/mol. The lowest BCUT2D eigenvalue weighted by molar-refractivity contribution is -0.384. The molecule has 136 valence electrons. The molecule has 0 spiro atoms. The van der Waals surface area contributed by atoms with Crippen molar-refractivity contribution < 1.29 is 14.5 Å². The Labute approximate surface area is 152 Å². The summed E-state index contributed by atoms with van der Waals surface area (Å²) in [4.78, 5) is 25.7. The van der Waals surface area contributed by atoms with Crippen LogP contribution in [-0.4, -0.2) is 36.5 Å². The highest BCUT2D eigenvalue weighted by molar-refractivity contribution is 6.09. The lowest BCUT2D eigenvalue weighted by Gasteiger charge is -2.25. The van der Waals surface area contributed by atoms with Crippen LogP contribution in [0.1, 0.15) is 35.7 Å². The number of carbonyl (C=O) groups is 1. The quantitative estimate of drug-likeness (QED) is 0.429. The molecule has 2 aromatic carbocycles. The number of carbonyl (C=O) groups excluding carboxylic acids is 1. The van der Waals surface area contributed by atoms with E-state index in [2.05, 4.69) is 0 Å². The largest absolute Gasteiger partial charge is 0.376 e. The number of nitro benzene ring substituents is 1. The summed E-state index contributed by atoms with van der Waals surface area (Å²) in [5.74, 6) is -0.220. The van der Waals surface area contributed by atoms with Crippen LogP contribution in [0.2, 0.25) is 0 Å². The van der Waals surface area contributed by atoms with Gasteiger partial charge < -0.3 is 9.64 Å². The fourth-order valence-corrected chi connectivity index (χ4v) is 3.27. The number of benzene rings is 2. The Morgan fingerprint density at radius 3 is 2.62 bits per heavy atom. The molecule has 1 fully saturated rings. The van der Waals surface area contributed by atoms with E-state index in [0.29, 0.717) is 29.9 Å². The van der Waals surface area contributed by atoms with Crippen molar-refractivity contribution in [2.75, 3.05) is 24.6 Å². The van der Waals surface area contributed by atoms with E-state index in [1.54, 1.807) is 36.4 Å². The lowest BCUT2D eigenvalue weighted by atomic mass is 10.0. The van der Waals surface area contributed by atoms with Crippen molar-refractivity contribution in [3.8, 4) is 0 Å². The first kappa shape index (κ1) is 18.1. The van der Waals surface area contributed by atoms with Crippen LogP contribution in [0.4, 0.5) is 11.4 Å². The van der Waals surface area contributed by atoms with Gasteiger partial charge in [0, 0.05) is 36.9 Å². The molecule has 1 heterocycles. The molecular formula is C20H22N2O4. The Hall–Kier alpha value is -2.73. The van der Waals surface area contributed by atoms with E-state index in [-0.39, 0.29) is 17.6 Å². The van der Waals surface area contributed by atoms with E-state index in [1.165, 1.54) is 6.07 Å². The number of rotatable bonds is 7. The third-order valence-electron chi connectivity index (χ3n) is 4.64. The predicted octanol–water partition coefficient (Wildman–Crippen LogP) is 3.83. The Morgan fingerprint density at radius 2 is 2.00 bits per heavy atom. The monoisotopic (exact) mass is 354 g/mol. The topological polar surface area (TPSA) is 72.7 Å². The molecule has 0 amide bonds.